The zero-order chi connectivity index (χ0) is 17.8. The first-order valence-corrected chi connectivity index (χ1v) is 10.3. The van der Waals surface area contributed by atoms with E-state index in [1.807, 2.05) is 0 Å². The molecule has 0 bridgehead atoms. The molecule has 0 heterocycles. The summed E-state index contributed by atoms with van der Waals surface area (Å²) in [6, 6.07) is 18.1. The summed E-state index contributed by atoms with van der Waals surface area (Å²) in [5.41, 5.74) is 4.41. The van der Waals surface area contributed by atoms with Crippen molar-refractivity contribution in [3.63, 3.8) is 0 Å². The fraction of sp³-hybridized carbons (Fsp3) is 0.500. The molecular weight excluding hydrogens is 318 g/mol. The highest BCUT2D eigenvalue weighted by atomic mass is 16.5. The van der Waals surface area contributed by atoms with Crippen molar-refractivity contribution in [2.45, 2.75) is 63.5 Å². The Morgan fingerprint density at radius 3 is 2.50 bits per heavy atom. The van der Waals surface area contributed by atoms with Crippen LogP contribution in [0.4, 0.5) is 0 Å². The first kappa shape index (κ1) is 17.6. The number of nitrogens with one attached hydrogen (secondary N) is 1. The summed E-state index contributed by atoms with van der Waals surface area (Å²) in [7, 11) is 2.09. The smallest absolute Gasteiger partial charge is 0.120 e. The zero-order valence-corrected chi connectivity index (χ0v) is 15.9. The van der Waals surface area contributed by atoms with E-state index in [-0.39, 0.29) is 0 Å². The minimum atomic E-state index is 0.433. The van der Waals surface area contributed by atoms with Crippen LogP contribution in [0.5, 0.6) is 5.75 Å². The van der Waals surface area contributed by atoms with Crippen molar-refractivity contribution in [3.8, 4) is 5.75 Å². The highest BCUT2D eigenvalue weighted by Crippen LogP contribution is 2.36. The molecule has 138 valence electrons. The Kier molecular flexibility index (Phi) is 5.59. The standard InChI is InChI=1S/C24H31NO/c1-25-24(18-8-4-2-5-9-18)21-13-12-20-17-23(15-14-19(20)16-21)26-22-10-6-3-7-11-22/h2,4-5,8-9,14-15,17,21-22,24-25H,3,6-7,10-13,16H2,1H3. The van der Waals surface area contributed by atoms with Gasteiger partial charge in [-0.15, -0.1) is 0 Å². The number of hydrogen-bond acceptors (Lipinski definition) is 2. The van der Waals surface area contributed by atoms with Crippen molar-refractivity contribution in [1.82, 2.24) is 5.32 Å². The second kappa shape index (κ2) is 8.26. The van der Waals surface area contributed by atoms with Gasteiger partial charge in [0, 0.05) is 6.04 Å². The van der Waals surface area contributed by atoms with Crippen LogP contribution in [-0.2, 0) is 12.8 Å². The lowest BCUT2D eigenvalue weighted by Crippen LogP contribution is -2.29. The summed E-state index contributed by atoms with van der Waals surface area (Å²) in [5, 5.41) is 3.56. The lowest BCUT2D eigenvalue weighted by molar-refractivity contribution is 0.154. The van der Waals surface area contributed by atoms with Gasteiger partial charge in [0.15, 0.2) is 0 Å². The quantitative estimate of drug-likeness (QED) is 0.773. The van der Waals surface area contributed by atoms with E-state index in [1.165, 1.54) is 55.2 Å². The van der Waals surface area contributed by atoms with Gasteiger partial charge in [0.25, 0.3) is 0 Å². The van der Waals surface area contributed by atoms with Gasteiger partial charge >= 0.3 is 0 Å². The predicted molar refractivity (Wildman–Crippen MR) is 108 cm³/mol. The maximum atomic E-state index is 6.27. The van der Waals surface area contributed by atoms with Gasteiger partial charge < -0.3 is 10.1 Å². The summed E-state index contributed by atoms with van der Waals surface area (Å²) in [4.78, 5) is 0. The van der Waals surface area contributed by atoms with Crippen LogP contribution in [-0.4, -0.2) is 13.2 Å². The van der Waals surface area contributed by atoms with Crippen LogP contribution in [0.1, 0.15) is 61.3 Å². The normalized spacial score (nSPS) is 21.8. The van der Waals surface area contributed by atoms with Crippen molar-refractivity contribution in [1.29, 1.82) is 0 Å². The molecule has 2 unspecified atom stereocenters. The molecule has 1 fully saturated rings. The van der Waals surface area contributed by atoms with Crippen molar-refractivity contribution in [3.05, 3.63) is 65.2 Å². The molecule has 2 aliphatic rings. The molecule has 2 aromatic carbocycles. The molecule has 1 saturated carbocycles. The molecule has 26 heavy (non-hydrogen) atoms. The highest BCUT2D eigenvalue weighted by Gasteiger charge is 2.27. The van der Waals surface area contributed by atoms with E-state index in [0.717, 1.165) is 18.6 Å². The SMILES string of the molecule is CNC(c1ccccc1)C1CCc2cc(OC3CCCCC3)ccc2C1. The molecule has 2 aromatic rings. The third kappa shape index (κ3) is 3.96. The summed E-state index contributed by atoms with van der Waals surface area (Å²) >= 11 is 0. The third-order valence-corrected chi connectivity index (χ3v) is 6.24. The molecule has 0 aromatic heterocycles. The lowest BCUT2D eigenvalue weighted by Gasteiger charge is -2.32. The minimum Gasteiger partial charge on any atom is -0.490 e. The highest BCUT2D eigenvalue weighted by molar-refractivity contribution is 5.38. The maximum Gasteiger partial charge on any atom is 0.120 e. The molecule has 2 aliphatic carbocycles. The molecule has 0 spiro atoms. The number of rotatable bonds is 5. The van der Waals surface area contributed by atoms with Gasteiger partial charge in [-0.1, -0.05) is 42.8 Å². The Labute approximate surface area is 158 Å². The van der Waals surface area contributed by atoms with E-state index in [0.29, 0.717) is 18.1 Å². The number of fused-ring (bicyclic) bond motifs is 1. The van der Waals surface area contributed by atoms with Gasteiger partial charge in [-0.25, -0.2) is 0 Å². The molecular formula is C24H31NO. The Balaban J connectivity index is 1.45. The maximum absolute atomic E-state index is 6.27. The van der Waals surface area contributed by atoms with Gasteiger partial charge in [0.05, 0.1) is 6.10 Å². The van der Waals surface area contributed by atoms with Crippen LogP contribution >= 0.6 is 0 Å². The number of benzene rings is 2. The van der Waals surface area contributed by atoms with Gasteiger partial charge in [-0.2, -0.15) is 0 Å². The van der Waals surface area contributed by atoms with E-state index in [1.54, 1.807) is 0 Å². The van der Waals surface area contributed by atoms with Crippen molar-refractivity contribution in [2.75, 3.05) is 7.05 Å². The molecule has 2 nitrogen and oxygen atoms in total. The first-order valence-electron chi connectivity index (χ1n) is 10.3. The van der Waals surface area contributed by atoms with E-state index >= 15 is 0 Å². The van der Waals surface area contributed by atoms with Crippen LogP contribution in [0.25, 0.3) is 0 Å². The number of hydrogen-bond donors (Lipinski definition) is 1. The molecule has 1 N–H and O–H groups in total. The molecule has 0 amide bonds. The summed E-state index contributed by atoms with van der Waals surface area (Å²) in [6.07, 6.45) is 10.4. The van der Waals surface area contributed by atoms with Gasteiger partial charge in [-0.3, -0.25) is 0 Å². The molecule has 0 radical (unpaired) electrons. The van der Waals surface area contributed by atoms with Gasteiger partial charge in [0.2, 0.25) is 0 Å². The zero-order valence-electron chi connectivity index (χ0n) is 15.9. The molecule has 4 rings (SSSR count). The van der Waals surface area contributed by atoms with Gasteiger partial charge in [0.1, 0.15) is 5.75 Å². The summed E-state index contributed by atoms with van der Waals surface area (Å²) in [6.45, 7) is 0. The van der Waals surface area contributed by atoms with Gasteiger partial charge in [-0.05, 0) is 86.7 Å². The van der Waals surface area contributed by atoms with Crippen LogP contribution in [0.3, 0.4) is 0 Å². The van der Waals surface area contributed by atoms with E-state index in [4.69, 9.17) is 4.74 Å². The molecule has 2 heteroatoms. The van der Waals surface area contributed by atoms with E-state index in [2.05, 4.69) is 60.9 Å². The summed E-state index contributed by atoms with van der Waals surface area (Å²) in [5.74, 6) is 1.74. The molecule has 2 atom stereocenters. The Morgan fingerprint density at radius 1 is 0.923 bits per heavy atom. The van der Waals surface area contributed by atoms with Crippen molar-refractivity contribution >= 4 is 0 Å². The average Bonchev–Trinajstić information content (AvgIpc) is 2.70. The number of aryl methyl sites for hydroxylation is 1. The van der Waals surface area contributed by atoms with Crippen molar-refractivity contribution < 1.29 is 4.74 Å². The largest absolute Gasteiger partial charge is 0.490 e. The van der Waals surface area contributed by atoms with Crippen LogP contribution < -0.4 is 10.1 Å². The second-order valence-corrected chi connectivity index (χ2v) is 7.99. The summed E-state index contributed by atoms with van der Waals surface area (Å²) < 4.78 is 6.27. The monoisotopic (exact) mass is 349 g/mol. The lowest BCUT2D eigenvalue weighted by atomic mass is 9.78. The Bertz CT molecular complexity index is 705. The first-order chi connectivity index (χ1) is 12.8. The van der Waals surface area contributed by atoms with Crippen LogP contribution in [0.15, 0.2) is 48.5 Å². The van der Waals surface area contributed by atoms with Crippen molar-refractivity contribution in [2.24, 2.45) is 5.92 Å². The fourth-order valence-corrected chi connectivity index (χ4v) is 4.83. The Morgan fingerprint density at radius 2 is 1.73 bits per heavy atom. The second-order valence-electron chi connectivity index (χ2n) is 7.99. The molecule has 0 saturated heterocycles. The van der Waals surface area contributed by atoms with E-state index < -0.39 is 0 Å². The minimum absolute atomic E-state index is 0.433. The Hall–Kier alpha value is -1.80. The fourth-order valence-electron chi connectivity index (χ4n) is 4.83. The number of ether oxygens (including phenoxy) is 1. The predicted octanol–water partition coefficient (Wildman–Crippen LogP) is 5.46. The molecule has 0 aliphatic heterocycles. The van der Waals surface area contributed by atoms with E-state index in [9.17, 15) is 0 Å². The van der Waals surface area contributed by atoms with Crippen LogP contribution in [0, 0.1) is 5.92 Å². The topological polar surface area (TPSA) is 21.3 Å². The third-order valence-electron chi connectivity index (χ3n) is 6.24. The average molecular weight is 350 g/mol. The van der Waals surface area contributed by atoms with Crippen LogP contribution in [0.2, 0.25) is 0 Å².